The molecule has 3 aromatic carbocycles. The number of amides is 1. The standard InChI is InChI=1S/C24H22Br2FN3O3S/c25-18-5-8-20(9-6-18)34(32,33)28-23-4-2-1-3-21(23)24(31)30-13-11-29(12-14-30)16-17-15-19(26)7-10-22(17)27/h1-10,15,28H,11-14,16H2. The van der Waals surface area contributed by atoms with Gasteiger partial charge in [0.05, 0.1) is 16.1 Å². The van der Waals surface area contributed by atoms with Crippen molar-refractivity contribution >= 4 is 53.5 Å². The van der Waals surface area contributed by atoms with E-state index >= 15 is 0 Å². The Labute approximate surface area is 215 Å². The third-order valence-electron chi connectivity index (χ3n) is 5.59. The first-order chi connectivity index (χ1) is 16.2. The van der Waals surface area contributed by atoms with Crippen molar-refractivity contribution in [2.75, 3.05) is 30.9 Å². The smallest absolute Gasteiger partial charge is 0.261 e. The van der Waals surface area contributed by atoms with Crippen LogP contribution in [0.5, 0.6) is 0 Å². The van der Waals surface area contributed by atoms with Gasteiger partial charge < -0.3 is 4.90 Å². The zero-order chi connectivity index (χ0) is 24.3. The Morgan fingerprint density at radius 1 is 0.912 bits per heavy atom. The van der Waals surface area contributed by atoms with Gasteiger partial charge in [-0.3, -0.25) is 14.4 Å². The van der Waals surface area contributed by atoms with E-state index in [1.54, 1.807) is 53.4 Å². The van der Waals surface area contributed by atoms with E-state index in [1.165, 1.54) is 18.2 Å². The summed E-state index contributed by atoms with van der Waals surface area (Å²) in [6.45, 7) is 2.55. The highest BCUT2D eigenvalue weighted by atomic mass is 79.9. The van der Waals surface area contributed by atoms with Crippen LogP contribution in [0.25, 0.3) is 0 Å². The summed E-state index contributed by atoms with van der Waals surface area (Å²) in [6, 6.07) is 17.7. The first-order valence-electron chi connectivity index (χ1n) is 10.6. The summed E-state index contributed by atoms with van der Waals surface area (Å²) in [7, 11) is -3.86. The minimum absolute atomic E-state index is 0.103. The normalized spacial score (nSPS) is 14.7. The molecule has 1 fully saturated rings. The zero-order valence-electron chi connectivity index (χ0n) is 18.0. The Hall–Kier alpha value is -2.27. The minimum atomic E-state index is -3.86. The molecule has 1 aliphatic rings. The summed E-state index contributed by atoms with van der Waals surface area (Å²) in [5, 5.41) is 0. The number of sulfonamides is 1. The summed E-state index contributed by atoms with van der Waals surface area (Å²) in [6.07, 6.45) is 0. The van der Waals surface area contributed by atoms with Crippen molar-refractivity contribution in [3.05, 3.63) is 92.6 Å². The maximum absolute atomic E-state index is 14.1. The Morgan fingerprint density at radius 3 is 2.26 bits per heavy atom. The Morgan fingerprint density at radius 2 is 1.56 bits per heavy atom. The highest BCUT2D eigenvalue weighted by molar-refractivity contribution is 9.10. The second kappa shape index (κ2) is 10.6. The lowest BCUT2D eigenvalue weighted by Gasteiger charge is -2.35. The molecule has 0 unspecified atom stereocenters. The molecule has 1 saturated heterocycles. The molecule has 0 spiro atoms. The number of anilines is 1. The molecular formula is C24H22Br2FN3O3S. The van der Waals surface area contributed by atoms with Gasteiger partial charge in [-0.15, -0.1) is 0 Å². The molecule has 0 radical (unpaired) electrons. The van der Waals surface area contributed by atoms with Crippen molar-refractivity contribution in [2.45, 2.75) is 11.4 Å². The molecule has 34 heavy (non-hydrogen) atoms. The van der Waals surface area contributed by atoms with Gasteiger partial charge in [-0.1, -0.05) is 44.0 Å². The highest BCUT2D eigenvalue weighted by Gasteiger charge is 2.26. The van der Waals surface area contributed by atoms with Crippen LogP contribution in [0, 0.1) is 5.82 Å². The molecule has 1 aliphatic heterocycles. The highest BCUT2D eigenvalue weighted by Crippen LogP contribution is 2.24. The number of carbonyl (C=O) groups is 1. The Balaban J connectivity index is 1.44. The zero-order valence-corrected chi connectivity index (χ0v) is 22.0. The van der Waals surface area contributed by atoms with Crippen molar-refractivity contribution in [1.29, 1.82) is 0 Å². The largest absolute Gasteiger partial charge is 0.336 e. The number of hydrogen-bond donors (Lipinski definition) is 1. The van der Waals surface area contributed by atoms with Crippen molar-refractivity contribution in [3.63, 3.8) is 0 Å². The van der Waals surface area contributed by atoms with E-state index in [1.807, 2.05) is 0 Å². The summed E-state index contributed by atoms with van der Waals surface area (Å²) < 4.78 is 43.9. The molecular weight excluding hydrogens is 589 g/mol. The molecule has 6 nitrogen and oxygen atoms in total. The van der Waals surface area contributed by atoms with Gasteiger partial charge in [0.2, 0.25) is 0 Å². The fraction of sp³-hybridized carbons (Fsp3) is 0.208. The average molecular weight is 611 g/mol. The van der Waals surface area contributed by atoms with Crippen molar-refractivity contribution in [3.8, 4) is 0 Å². The SMILES string of the molecule is O=C(c1ccccc1NS(=O)(=O)c1ccc(Br)cc1)N1CCN(Cc2cc(Br)ccc2F)CC1. The van der Waals surface area contributed by atoms with E-state index < -0.39 is 10.0 Å². The number of para-hydroxylation sites is 1. The fourth-order valence-corrected chi connectivity index (χ4v) is 5.51. The van der Waals surface area contributed by atoms with Crippen LogP contribution in [0.3, 0.4) is 0 Å². The van der Waals surface area contributed by atoms with Gasteiger partial charge in [-0.2, -0.15) is 0 Å². The first-order valence-corrected chi connectivity index (χ1v) is 13.6. The number of rotatable bonds is 6. The number of nitrogens with one attached hydrogen (secondary N) is 1. The molecule has 1 N–H and O–H groups in total. The quantitative estimate of drug-likeness (QED) is 0.421. The van der Waals surface area contributed by atoms with E-state index in [4.69, 9.17) is 0 Å². The second-order valence-corrected chi connectivity index (χ2v) is 11.4. The summed E-state index contributed by atoms with van der Waals surface area (Å²) in [5.74, 6) is -0.504. The monoisotopic (exact) mass is 609 g/mol. The predicted octanol–water partition coefficient (Wildman–Crippen LogP) is 5.11. The number of hydrogen-bond acceptors (Lipinski definition) is 4. The van der Waals surface area contributed by atoms with Gasteiger partial charge in [0.1, 0.15) is 5.82 Å². The predicted molar refractivity (Wildman–Crippen MR) is 137 cm³/mol. The van der Waals surface area contributed by atoms with Crippen LogP contribution < -0.4 is 4.72 Å². The van der Waals surface area contributed by atoms with Crippen LogP contribution in [0.15, 0.2) is 80.6 Å². The lowest BCUT2D eigenvalue weighted by Crippen LogP contribution is -2.48. The van der Waals surface area contributed by atoms with E-state index in [9.17, 15) is 17.6 Å². The Kier molecular flexibility index (Phi) is 7.71. The van der Waals surface area contributed by atoms with Crippen LogP contribution in [0.2, 0.25) is 0 Å². The Bertz CT molecular complexity index is 1300. The van der Waals surface area contributed by atoms with Gasteiger partial charge >= 0.3 is 0 Å². The summed E-state index contributed by atoms with van der Waals surface area (Å²) in [5.41, 5.74) is 1.12. The number of nitrogens with zero attached hydrogens (tertiary/aromatic N) is 2. The number of piperazine rings is 1. The van der Waals surface area contributed by atoms with Gasteiger partial charge in [0, 0.05) is 47.2 Å². The van der Waals surface area contributed by atoms with Crippen LogP contribution in [-0.4, -0.2) is 50.3 Å². The van der Waals surface area contributed by atoms with Gasteiger partial charge in [0.15, 0.2) is 0 Å². The van der Waals surface area contributed by atoms with Crippen LogP contribution in [0.4, 0.5) is 10.1 Å². The van der Waals surface area contributed by atoms with Crippen LogP contribution >= 0.6 is 31.9 Å². The lowest BCUT2D eigenvalue weighted by molar-refractivity contribution is 0.0628. The molecule has 10 heteroatoms. The third-order valence-corrected chi connectivity index (χ3v) is 7.99. The maximum atomic E-state index is 14.1. The first kappa shape index (κ1) is 24.8. The van der Waals surface area contributed by atoms with Crippen LogP contribution in [0.1, 0.15) is 15.9 Å². The van der Waals surface area contributed by atoms with E-state index in [-0.39, 0.29) is 27.9 Å². The summed E-state index contributed by atoms with van der Waals surface area (Å²) in [4.78, 5) is 17.1. The molecule has 0 aliphatic carbocycles. The molecule has 0 atom stereocenters. The van der Waals surface area contributed by atoms with E-state index in [0.717, 1.165) is 8.95 Å². The molecule has 178 valence electrons. The van der Waals surface area contributed by atoms with Gasteiger partial charge in [0.25, 0.3) is 15.9 Å². The fourth-order valence-electron chi connectivity index (χ4n) is 3.76. The molecule has 0 bridgehead atoms. The summed E-state index contributed by atoms with van der Waals surface area (Å²) >= 11 is 6.67. The maximum Gasteiger partial charge on any atom is 0.261 e. The molecule has 1 amide bonds. The van der Waals surface area contributed by atoms with Crippen LogP contribution in [-0.2, 0) is 16.6 Å². The third kappa shape index (κ3) is 5.86. The van der Waals surface area contributed by atoms with Crippen molar-refractivity contribution < 1.29 is 17.6 Å². The molecule has 4 rings (SSSR count). The molecule has 0 aromatic heterocycles. The van der Waals surface area contributed by atoms with Crippen molar-refractivity contribution in [1.82, 2.24) is 9.80 Å². The van der Waals surface area contributed by atoms with Gasteiger partial charge in [-0.25, -0.2) is 12.8 Å². The number of halogens is 3. The minimum Gasteiger partial charge on any atom is -0.336 e. The van der Waals surface area contributed by atoms with E-state index in [0.29, 0.717) is 38.3 Å². The number of carbonyl (C=O) groups excluding carboxylic acids is 1. The average Bonchev–Trinajstić information content (AvgIpc) is 2.82. The van der Waals surface area contributed by atoms with Crippen molar-refractivity contribution in [2.24, 2.45) is 0 Å². The molecule has 1 heterocycles. The molecule has 0 saturated carbocycles. The molecule has 3 aromatic rings. The number of benzene rings is 3. The topological polar surface area (TPSA) is 69.7 Å². The second-order valence-electron chi connectivity index (χ2n) is 7.91. The lowest BCUT2D eigenvalue weighted by atomic mass is 10.1. The van der Waals surface area contributed by atoms with E-state index in [2.05, 4.69) is 41.5 Å². The van der Waals surface area contributed by atoms with Gasteiger partial charge in [-0.05, 0) is 54.6 Å².